The molecular weight excluding hydrogens is 206 g/mol. The topological polar surface area (TPSA) is 69.6 Å². The Morgan fingerprint density at radius 3 is 2.88 bits per heavy atom. The van der Waals surface area contributed by atoms with E-state index >= 15 is 0 Å². The van der Waals surface area contributed by atoms with Crippen LogP contribution in [0.5, 0.6) is 11.5 Å². The van der Waals surface area contributed by atoms with E-state index in [-0.39, 0.29) is 17.4 Å². The summed E-state index contributed by atoms with van der Waals surface area (Å²) in [6.45, 7) is 1.76. The molecule has 4 heteroatoms. The fourth-order valence-electron chi connectivity index (χ4n) is 1.24. The molecule has 0 heterocycles. The SMILES string of the molecule is C#CCC(C)NC(=O)c1cccc(O)c1O. The Balaban J connectivity index is 2.82. The summed E-state index contributed by atoms with van der Waals surface area (Å²) in [5.41, 5.74) is 0.0314. The average Bonchev–Trinajstić information content (AvgIpc) is 2.22. The highest BCUT2D eigenvalue weighted by atomic mass is 16.3. The zero-order valence-electron chi connectivity index (χ0n) is 8.90. The van der Waals surface area contributed by atoms with E-state index in [1.807, 2.05) is 0 Å². The van der Waals surface area contributed by atoms with Gasteiger partial charge in [0, 0.05) is 12.5 Å². The maximum Gasteiger partial charge on any atom is 0.255 e. The van der Waals surface area contributed by atoms with Crippen LogP contribution in [-0.4, -0.2) is 22.2 Å². The van der Waals surface area contributed by atoms with Gasteiger partial charge in [0.2, 0.25) is 0 Å². The number of hydrogen-bond donors (Lipinski definition) is 3. The Kier molecular flexibility index (Phi) is 3.78. The standard InChI is InChI=1S/C12H13NO3/c1-3-5-8(2)13-12(16)9-6-4-7-10(14)11(9)15/h1,4,6-8,14-15H,5H2,2H3,(H,13,16). The van der Waals surface area contributed by atoms with E-state index in [0.29, 0.717) is 6.42 Å². The number of phenolic OH excluding ortho intramolecular Hbond substituents is 2. The molecule has 1 aromatic rings. The summed E-state index contributed by atoms with van der Waals surface area (Å²) in [7, 11) is 0. The van der Waals surface area contributed by atoms with Crippen molar-refractivity contribution in [2.75, 3.05) is 0 Å². The van der Waals surface area contributed by atoms with Gasteiger partial charge in [-0.1, -0.05) is 6.07 Å². The first kappa shape index (κ1) is 11.9. The van der Waals surface area contributed by atoms with Crippen molar-refractivity contribution in [2.24, 2.45) is 0 Å². The molecular formula is C12H13NO3. The highest BCUT2D eigenvalue weighted by Crippen LogP contribution is 2.27. The van der Waals surface area contributed by atoms with Gasteiger partial charge in [-0.05, 0) is 19.1 Å². The molecule has 0 spiro atoms. The van der Waals surface area contributed by atoms with Gasteiger partial charge in [0.1, 0.15) is 0 Å². The number of aromatic hydroxyl groups is 2. The second kappa shape index (κ2) is 5.08. The molecule has 1 rings (SSSR count). The summed E-state index contributed by atoms with van der Waals surface area (Å²) in [5, 5.41) is 21.3. The van der Waals surface area contributed by atoms with Crippen molar-refractivity contribution in [2.45, 2.75) is 19.4 Å². The summed E-state index contributed by atoms with van der Waals surface area (Å²) in [6, 6.07) is 4.03. The summed E-state index contributed by atoms with van der Waals surface area (Å²) in [5.74, 6) is 1.22. The second-order valence-electron chi connectivity index (χ2n) is 3.46. The Morgan fingerprint density at radius 2 is 2.25 bits per heavy atom. The molecule has 0 saturated heterocycles. The first-order valence-electron chi connectivity index (χ1n) is 4.81. The van der Waals surface area contributed by atoms with Crippen LogP contribution in [0, 0.1) is 12.3 Å². The molecule has 1 atom stereocenters. The molecule has 0 aliphatic carbocycles. The molecule has 1 amide bonds. The summed E-state index contributed by atoms with van der Waals surface area (Å²) < 4.78 is 0. The molecule has 0 aliphatic rings. The van der Waals surface area contributed by atoms with Crippen molar-refractivity contribution in [1.29, 1.82) is 0 Å². The van der Waals surface area contributed by atoms with Gasteiger partial charge < -0.3 is 15.5 Å². The molecule has 0 saturated carbocycles. The van der Waals surface area contributed by atoms with E-state index in [9.17, 15) is 15.0 Å². The van der Waals surface area contributed by atoms with E-state index < -0.39 is 11.7 Å². The van der Waals surface area contributed by atoms with E-state index in [0.717, 1.165) is 0 Å². The third-order valence-electron chi connectivity index (χ3n) is 2.06. The third kappa shape index (κ3) is 2.67. The Morgan fingerprint density at radius 1 is 1.56 bits per heavy atom. The molecule has 0 bridgehead atoms. The van der Waals surface area contributed by atoms with Crippen LogP contribution in [0.2, 0.25) is 0 Å². The zero-order chi connectivity index (χ0) is 12.1. The van der Waals surface area contributed by atoms with Crippen molar-refractivity contribution in [3.05, 3.63) is 23.8 Å². The number of rotatable bonds is 3. The number of amides is 1. The van der Waals surface area contributed by atoms with Crippen LogP contribution in [0.15, 0.2) is 18.2 Å². The number of phenols is 2. The molecule has 0 aliphatic heterocycles. The lowest BCUT2D eigenvalue weighted by atomic mass is 10.1. The van der Waals surface area contributed by atoms with Crippen LogP contribution >= 0.6 is 0 Å². The monoisotopic (exact) mass is 219 g/mol. The number of nitrogens with one attached hydrogen (secondary N) is 1. The minimum Gasteiger partial charge on any atom is -0.504 e. The van der Waals surface area contributed by atoms with Crippen LogP contribution < -0.4 is 5.32 Å². The Bertz CT molecular complexity index is 434. The van der Waals surface area contributed by atoms with Gasteiger partial charge in [0.15, 0.2) is 11.5 Å². The number of carbonyl (C=O) groups excluding carboxylic acids is 1. The van der Waals surface area contributed by atoms with Crippen LogP contribution in [0.1, 0.15) is 23.7 Å². The fourth-order valence-corrected chi connectivity index (χ4v) is 1.24. The number of hydrogen-bond acceptors (Lipinski definition) is 3. The number of benzene rings is 1. The highest BCUT2D eigenvalue weighted by Gasteiger charge is 2.15. The van der Waals surface area contributed by atoms with E-state index in [1.165, 1.54) is 18.2 Å². The predicted molar refractivity (Wildman–Crippen MR) is 60.1 cm³/mol. The zero-order valence-corrected chi connectivity index (χ0v) is 8.90. The van der Waals surface area contributed by atoms with Gasteiger partial charge in [-0.15, -0.1) is 12.3 Å². The lowest BCUT2D eigenvalue weighted by Crippen LogP contribution is -2.32. The number of terminal acetylenes is 1. The lowest BCUT2D eigenvalue weighted by molar-refractivity contribution is 0.0937. The van der Waals surface area contributed by atoms with Crippen LogP contribution in [-0.2, 0) is 0 Å². The van der Waals surface area contributed by atoms with E-state index in [4.69, 9.17) is 6.42 Å². The Hall–Kier alpha value is -2.15. The van der Waals surface area contributed by atoms with Gasteiger partial charge in [-0.25, -0.2) is 0 Å². The van der Waals surface area contributed by atoms with Crippen LogP contribution in [0.4, 0.5) is 0 Å². The summed E-state index contributed by atoms with van der Waals surface area (Å²) in [6.07, 6.45) is 5.52. The van der Waals surface area contributed by atoms with Crippen molar-refractivity contribution < 1.29 is 15.0 Å². The Labute approximate surface area is 93.9 Å². The molecule has 0 aromatic heterocycles. The molecule has 84 valence electrons. The van der Waals surface area contributed by atoms with Crippen molar-refractivity contribution >= 4 is 5.91 Å². The molecule has 0 fully saturated rings. The van der Waals surface area contributed by atoms with Gasteiger partial charge in [-0.2, -0.15) is 0 Å². The third-order valence-corrected chi connectivity index (χ3v) is 2.06. The second-order valence-corrected chi connectivity index (χ2v) is 3.46. The minimum absolute atomic E-state index is 0.0314. The maximum atomic E-state index is 11.7. The van der Waals surface area contributed by atoms with Crippen LogP contribution in [0.3, 0.4) is 0 Å². The lowest BCUT2D eigenvalue weighted by Gasteiger charge is -2.12. The molecule has 3 N–H and O–H groups in total. The average molecular weight is 219 g/mol. The fraction of sp³-hybridized carbons (Fsp3) is 0.250. The minimum atomic E-state index is -0.462. The normalized spacial score (nSPS) is 11.5. The highest BCUT2D eigenvalue weighted by molar-refractivity contribution is 5.97. The van der Waals surface area contributed by atoms with Gasteiger partial charge >= 0.3 is 0 Å². The van der Waals surface area contributed by atoms with Crippen LogP contribution in [0.25, 0.3) is 0 Å². The first-order chi connectivity index (χ1) is 7.56. The molecule has 4 nitrogen and oxygen atoms in total. The molecule has 1 unspecified atom stereocenters. The van der Waals surface area contributed by atoms with Gasteiger partial charge in [0.25, 0.3) is 5.91 Å². The van der Waals surface area contributed by atoms with E-state index in [2.05, 4.69) is 11.2 Å². The van der Waals surface area contributed by atoms with Gasteiger partial charge in [-0.3, -0.25) is 4.79 Å². The first-order valence-corrected chi connectivity index (χ1v) is 4.81. The van der Waals surface area contributed by atoms with E-state index in [1.54, 1.807) is 6.92 Å². The van der Waals surface area contributed by atoms with Gasteiger partial charge in [0.05, 0.1) is 5.56 Å². The number of para-hydroxylation sites is 1. The summed E-state index contributed by atoms with van der Waals surface area (Å²) >= 11 is 0. The van der Waals surface area contributed by atoms with Crippen molar-refractivity contribution in [3.63, 3.8) is 0 Å². The smallest absolute Gasteiger partial charge is 0.255 e. The molecule has 1 aromatic carbocycles. The number of carbonyl (C=O) groups is 1. The summed E-state index contributed by atoms with van der Waals surface area (Å²) in [4.78, 5) is 11.7. The molecule has 16 heavy (non-hydrogen) atoms. The van der Waals surface area contributed by atoms with Crippen molar-refractivity contribution in [3.8, 4) is 23.8 Å². The molecule has 0 radical (unpaired) electrons. The largest absolute Gasteiger partial charge is 0.504 e. The predicted octanol–water partition coefficient (Wildman–Crippen LogP) is 1.24. The van der Waals surface area contributed by atoms with Crippen molar-refractivity contribution in [1.82, 2.24) is 5.32 Å². The maximum absolute atomic E-state index is 11.7. The quantitative estimate of drug-likeness (QED) is 0.529.